The molecule has 1 fully saturated rings. The molecule has 6 nitrogen and oxygen atoms in total. The summed E-state index contributed by atoms with van der Waals surface area (Å²) in [5, 5.41) is 12.7. The second-order valence-electron chi connectivity index (χ2n) is 5.76. The molecule has 0 aromatic carbocycles. The van der Waals surface area contributed by atoms with E-state index in [2.05, 4.69) is 26.7 Å². The Morgan fingerprint density at radius 2 is 2.18 bits per heavy atom. The van der Waals surface area contributed by atoms with Crippen LogP contribution in [0.15, 0.2) is 17.8 Å². The molecule has 0 unspecified atom stereocenters. The average Bonchev–Trinajstić information content (AvgIpc) is 2.90. The molecule has 1 amide bonds. The summed E-state index contributed by atoms with van der Waals surface area (Å²) in [7, 11) is 3.54. The number of aromatic nitrogens is 3. The van der Waals surface area contributed by atoms with Crippen molar-refractivity contribution in [2.24, 2.45) is 0 Å². The summed E-state index contributed by atoms with van der Waals surface area (Å²) in [4.78, 5) is 13.7. The maximum absolute atomic E-state index is 12.0. The largest absolute Gasteiger partial charge is 0.348 e. The molecule has 1 aromatic heterocycles. The van der Waals surface area contributed by atoms with Crippen molar-refractivity contribution in [2.75, 3.05) is 27.2 Å². The summed E-state index contributed by atoms with van der Waals surface area (Å²) in [6.45, 7) is 8.45. The predicted octanol–water partition coefficient (Wildman–Crippen LogP) is 1.50. The third-order valence-electron chi connectivity index (χ3n) is 3.83. The summed E-state index contributed by atoms with van der Waals surface area (Å²) in [6, 6.07) is 0. The number of carbonyl (C=O) groups excluding carboxylic acids is 1. The van der Waals surface area contributed by atoms with E-state index in [0.29, 0.717) is 12.5 Å². The van der Waals surface area contributed by atoms with Gasteiger partial charge in [-0.2, -0.15) is 0 Å². The molecular formula is C15H25N5OS. The van der Waals surface area contributed by atoms with Crippen LogP contribution in [0, 0.1) is 0 Å². The minimum atomic E-state index is -0.177. The molecule has 1 aliphatic heterocycles. The monoisotopic (exact) mass is 323 g/mol. The lowest BCUT2D eigenvalue weighted by molar-refractivity contribution is -0.127. The van der Waals surface area contributed by atoms with Gasteiger partial charge in [-0.15, -0.1) is 16.8 Å². The Balaban J connectivity index is 2.18. The fourth-order valence-corrected chi connectivity index (χ4v) is 3.65. The molecule has 1 N–H and O–H groups in total. The first kappa shape index (κ1) is 17.0. The fourth-order valence-electron chi connectivity index (χ4n) is 2.64. The van der Waals surface area contributed by atoms with Crippen LogP contribution in [0.3, 0.4) is 0 Å². The number of nitrogens with one attached hydrogen (secondary N) is 1. The highest BCUT2D eigenvalue weighted by atomic mass is 32.2. The summed E-state index contributed by atoms with van der Waals surface area (Å²) in [5.41, 5.74) is 0. The Hall–Kier alpha value is -1.34. The van der Waals surface area contributed by atoms with Gasteiger partial charge in [0.05, 0.1) is 5.25 Å². The lowest BCUT2D eigenvalue weighted by atomic mass is 9.97. The van der Waals surface area contributed by atoms with Gasteiger partial charge in [0.25, 0.3) is 0 Å². The molecule has 122 valence electrons. The normalized spacial score (nSPS) is 17.2. The minimum Gasteiger partial charge on any atom is -0.348 e. The topological polar surface area (TPSA) is 63.1 Å². The molecule has 0 bridgehead atoms. The summed E-state index contributed by atoms with van der Waals surface area (Å²) < 4.78 is 2.10. The second-order valence-corrected chi connectivity index (χ2v) is 7.07. The molecule has 0 radical (unpaired) electrons. The number of rotatable bonds is 6. The van der Waals surface area contributed by atoms with Crippen molar-refractivity contribution >= 4 is 17.7 Å². The van der Waals surface area contributed by atoms with Gasteiger partial charge in [-0.1, -0.05) is 17.8 Å². The number of thioether (sulfide) groups is 1. The van der Waals surface area contributed by atoms with Gasteiger partial charge in [-0.05, 0) is 32.9 Å². The second kappa shape index (κ2) is 7.78. The van der Waals surface area contributed by atoms with Crippen LogP contribution in [0.4, 0.5) is 0 Å². The van der Waals surface area contributed by atoms with Crippen molar-refractivity contribution in [1.29, 1.82) is 0 Å². The third kappa shape index (κ3) is 3.89. The quantitative estimate of drug-likeness (QED) is 0.635. The first-order valence-corrected chi connectivity index (χ1v) is 8.55. The number of carbonyl (C=O) groups is 1. The van der Waals surface area contributed by atoms with Crippen molar-refractivity contribution in [3.05, 3.63) is 18.5 Å². The van der Waals surface area contributed by atoms with E-state index in [9.17, 15) is 4.79 Å². The van der Waals surface area contributed by atoms with E-state index in [-0.39, 0.29) is 11.2 Å². The Bertz CT molecular complexity index is 522. The highest BCUT2D eigenvalue weighted by Gasteiger charge is 2.25. The molecule has 2 rings (SSSR count). The standard InChI is InChI=1S/C15H25N5OS/c1-5-10-20-13(12-6-8-16-9-7-12)17-18-15(20)22-11(2)14(21)19(3)4/h5,11-12,16H,1,6-10H2,2-4H3/t11-/m0/s1. The van der Waals surface area contributed by atoms with Crippen LogP contribution in [0.1, 0.15) is 31.5 Å². The SMILES string of the molecule is C=CCn1c(S[C@@H](C)C(=O)N(C)C)nnc1C1CCNCC1. The van der Waals surface area contributed by atoms with Crippen LogP contribution in [0.25, 0.3) is 0 Å². The van der Waals surface area contributed by atoms with E-state index in [0.717, 1.165) is 36.9 Å². The van der Waals surface area contributed by atoms with E-state index < -0.39 is 0 Å². The van der Waals surface area contributed by atoms with Gasteiger partial charge in [-0.25, -0.2) is 0 Å². The zero-order valence-corrected chi connectivity index (χ0v) is 14.4. The molecule has 7 heteroatoms. The van der Waals surface area contributed by atoms with Crippen molar-refractivity contribution in [2.45, 2.75) is 42.6 Å². The maximum Gasteiger partial charge on any atom is 0.235 e. The summed E-state index contributed by atoms with van der Waals surface area (Å²) >= 11 is 1.47. The highest BCUT2D eigenvalue weighted by Crippen LogP contribution is 2.29. The van der Waals surface area contributed by atoms with Crippen LogP contribution >= 0.6 is 11.8 Å². The zero-order valence-electron chi connectivity index (χ0n) is 13.6. The van der Waals surface area contributed by atoms with Crippen LogP contribution in [0.2, 0.25) is 0 Å². The minimum absolute atomic E-state index is 0.0848. The fraction of sp³-hybridized carbons (Fsp3) is 0.667. The van der Waals surface area contributed by atoms with Crippen molar-refractivity contribution in [3.63, 3.8) is 0 Å². The number of nitrogens with zero attached hydrogens (tertiary/aromatic N) is 4. The zero-order chi connectivity index (χ0) is 16.1. The first-order valence-electron chi connectivity index (χ1n) is 7.67. The van der Waals surface area contributed by atoms with E-state index in [1.165, 1.54) is 11.8 Å². The van der Waals surface area contributed by atoms with Gasteiger partial charge < -0.3 is 14.8 Å². The Morgan fingerprint density at radius 3 is 2.77 bits per heavy atom. The molecule has 1 aliphatic rings. The number of hydrogen-bond donors (Lipinski definition) is 1. The van der Waals surface area contributed by atoms with Gasteiger partial charge in [0.2, 0.25) is 5.91 Å². The van der Waals surface area contributed by atoms with Crippen LogP contribution < -0.4 is 5.32 Å². The number of piperidine rings is 1. The van der Waals surface area contributed by atoms with Crippen LogP contribution in [0.5, 0.6) is 0 Å². The lowest BCUT2D eigenvalue weighted by Gasteiger charge is -2.22. The third-order valence-corrected chi connectivity index (χ3v) is 4.90. The van der Waals surface area contributed by atoms with Gasteiger partial charge in [-0.3, -0.25) is 4.79 Å². The molecular weight excluding hydrogens is 298 g/mol. The Kier molecular flexibility index (Phi) is 6.02. The lowest BCUT2D eigenvalue weighted by Crippen LogP contribution is -2.30. The van der Waals surface area contributed by atoms with Gasteiger partial charge in [0.15, 0.2) is 5.16 Å². The van der Waals surface area contributed by atoms with Gasteiger partial charge in [0.1, 0.15) is 5.82 Å². The number of amides is 1. The molecule has 22 heavy (non-hydrogen) atoms. The molecule has 2 heterocycles. The molecule has 1 saturated heterocycles. The Labute approximate surface area is 136 Å². The van der Waals surface area contributed by atoms with Crippen molar-refractivity contribution in [1.82, 2.24) is 25.0 Å². The highest BCUT2D eigenvalue weighted by molar-refractivity contribution is 8.00. The maximum atomic E-state index is 12.0. The Morgan fingerprint density at radius 1 is 1.50 bits per heavy atom. The average molecular weight is 323 g/mol. The first-order chi connectivity index (χ1) is 10.5. The smallest absolute Gasteiger partial charge is 0.235 e. The van der Waals surface area contributed by atoms with Crippen LogP contribution in [-0.4, -0.2) is 58.0 Å². The number of allylic oxidation sites excluding steroid dienone is 1. The van der Waals surface area contributed by atoms with E-state index >= 15 is 0 Å². The molecule has 0 aliphatic carbocycles. The molecule has 0 spiro atoms. The summed E-state index contributed by atoms with van der Waals surface area (Å²) in [5.74, 6) is 1.54. The van der Waals surface area contributed by atoms with Crippen molar-refractivity contribution in [3.8, 4) is 0 Å². The van der Waals surface area contributed by atoms with Crippen molar-refractivity contribution < 1.29 is 4.79 Å². The summed E-state index contributed by atoms with van der Waals surface area (Å²) in [6.07, 6.45) is 4.01. The van der Waals surface area contributed by atoms with E-state index in [4.69, 9.17) is 0 Å². The molecule has 0 saturated carbocycles. The van der Waals surface area contributed by atoms with Gasteiger partial charge >= 0.3 is 0 Å². The van der Waals surface area contributed by atoms with Gasteiger partial charge in [0, 0.05) is 26.6 Å². The van der Waals surface area contributed by atoms with E-state index in [1.54, 1.807) is 19.0 Å². The van der Waals surface area contributed by atoms with E-state index in [1.807, 2.05) is 13.0 Å². The molecule has 1 aromatic rings. The molecule has 1 atom stereocenters. The van der Waals surface area contributed by atoms with Crippen LogP contribution in [-0.2, 0) is 11.3 Å². The number of hydrogen-bond acceptors (Lipinski definition) is 5. The predicted molar refractivity (Wildman–Crippen MR) is 89.1 cm³/mol.